The third-order valence-electron chi connectivity index (χ3n) is 4.48. The summed E-state index contributed by atoms with van der Waals surface area (Å²) in [6.45, 7) is 2.75. The summed E-state index contributed by atoms with van der Waals surface area (Å²) in [5.41, 5.74) is 0.935. The molecule has 0 N–H and O–H groups in total. The number of alkyl halides is 2. The van der Waals surface area contributed by atoms with E-state index in [1.54, 1.807) is 0 Å². The number of para-hydroxylation sites is 1. The Hall–Kier alpha value is -3.41. The van der Waals surface area contributed by atoms with Gasteiger partial charge in [-0.25, -0.2) is 0 Å². The molecular weight excluding hydrogens is 402 g/mol. The van der Waals surface area contributed by atoms with E-state index in [1.807, 2.05) is 54.6 Å². The summed E-state index contributed by atoms with van der Waals surface area (Å²) in [7, 11) is 0. The van der Waals surface area contributed by atoms with Crippen LogP contribution >= 0.6 is 0 Å². The van der Waals surface area contributed by atoms with E-state index in [2.05, 4.69) is 0 Å². The lowest BCUT2D eigenvalue weighted by Gasteiger charge is -2.21. The number of esters is 1. The summed E-state index contributed by atoms with van der Waals surface area (Å²) in [5.74, 6) is 0.320. The van der Waals surface area contributed by atoms with Gasteiger partial charge in [-0.2, -0.15) is 8.78 Å². The number of hydrogen-bond acceptors (Lipinski definition) is 4. The van der Waals surface area contributed by atoms with Crippen molar-refractivity contribution < 1.29 is 27.8 Å². The van der Waals surface area contributed by atoms with Crippen molar-refractivity contribution in [3.8, 4) is 23.0 Å². The number of benzene rings is 3. The third-order valence-corrected chi connectivity index (χ3v) is 4.48. The molecule has 0 heterocycles. The van der Waals surface area contributed by atoms with Gasteiger partial charge in [-0.3, -0.25) is 4.79 Å². The van der Waals surface area contributed by atoms with Crippen molar-refractivity contribution in [2.24, 2.45) is 5.92 Å². The molecule has 162 valence electrons. The number of carbonyl (C=O) groups excluding carboxylic acids is 1. The minimum Gasteiger partial charge on any atom is -0.457 e. The molecule has 0 saturated carbocycles. The molecule has 0 saturated heterocycles. The molecule has 0 aliphatic heterocycles. The number of rotatable bonds is 9. The highest BCUT2D eigenvalue weighted by Crippen LogP contribution is 2.29. The highest BCUT2D eigenvalue weighted by Gasteiger charge is 2.36. The summed E-state index contributed by atoms with van der Waals surface area (Å²) in [6, 6.07) is 22.5. The highest BCUT2D eigenvalue weighted by molar-refractivity contribution is 5.72. The van der Waals surface area contributed by atoms with Gasteiger partial charge in [0.2, 0.25) is 0 Å². The van der Waals surface area contributed by atoms with E-state index in [0.717, 1.165) is 11.3 Å². The molecule has 4 nitrogen and oxygen atoms in total. The SMILES string of the molecule is CC(C)C(F)(F)Oc1ccc(OC(=O)CCc2cccc(Oc3ccccc3)c2)cc1. The van der Waals surface area contributed by atoms with Crippen LogP contribution in [0, 0.1) is 5.92 Å². The molecule has 0 radical (unpaired) electrons. The maximum atomic E-state index is 13.6. The molecule has 0 fully saturated rings. The van der Waals surface area contributed by atoms with Crippen LogP contribution in [0.1, 0.15) is 25.8 Å². The van der Waals surface area contributed by atoms with E-state index in [1.165, 1.54) is 38.1 Å². The summed E-state index contributed by atoms with van der Waals surface area (Å²) >= 11 is 0. The van der Waals surface area contributed by atoms with E-state index in [-0.39, 0.29) is 17.9 Å². The van der Waals surface area contributed by atoms with E-state index in [0.29, 0.717) is 12.2 Å². The van der Waals surface area contributed by atoms with Gasteiger partial charge in [-0.1, -0.05) is 44.2 Å². The van der Waals surface area contributed by atoms with Crippen LogP contribution in [0.15, 0.2) is 78.9 Å². The molecule has 0 spiro atoms. The average molecular weight is 426 g/mol. The molecule has 0 atom stereocenters. The van der Waals surface area contributed by atoms with Crippen molar-refractivity contribution in [1.82, 2.24) is 0 Å². The Morgan fingerprint density at radius 3 is 2.16 bits per heavy atom. The van der Waals surface area contributed by atoms with Crippen LogP contribution in [0.25, 0.3) is 0 Å². The molecule has 6 heteroatoms. The van der Waals surface area contributed by atoms with Crippen molar-refractivity contribution in [1.29, 1.82) is 0 Å². The fourth-order valence-electron chi connectivity index (χ4n) is 2.67. The number of carbonyl (C=O) groups is 1. The average Bonchev–Trinajstić information content (AvgIpc) is 2.74. The number of halogens is 2. The highest BCUT2D eigenvalue weighted by atomic mass is 19.3. The van der Waals surface area contributed by atoms with Crippen molar-refractivity contribution in [2.75, 3.05) is 0 Å². The van der Waals surface area contributed by atoms with E-state index >= 15 is 0 Å². The molecule has 31 heavy (non-hydrogen) atoms. The lowest BCUT2D eigenvalue weighted by Crippen LogP contribution is -2.31. The summed E-state index contributed by atoms with van der Waals surface area (Å²) < 4.78 is 43.1. The molecule has 0 unspecified atom stereocenters. The minimum atomic E-state index is -3.27. The lowest BCUT2D eigenvalue weighted by atomic mass is 10.1. The molecule has 0 aliphatic carbocycles. The second kappa shape index (κ2) is 10.1. The van der Waals surface area contributed by atoms with Crippen LogP contribution in [0.4, 0.5) is 8.78 Å². The predicted octanol–water partition coefficient (Wildman–Crippen LogP) is 6.64. The number of ether oxygens (including phenoxy) is 3. The van der Waals surface area contributed by atoms with Gasteiger partial charge >= 0.3 is 12.1 Å². The van der Waals surface area contributed by atoms with Crippen molar-refractivity contribution >= 4 is 5.97 Å². The van der Waals surface area contributed by atoms with Crippen LogP contribution in [0.2, 0.25) is 0 Å². The van der Waals surface area contributed by atoms with Gasteiger partial charge in [0.25, 0.3) is 0 Å². The van der Waals surface area contributed by atoms with Crippen molar-refractivity contribution in [3.05, 3.63) is 84.4 Å². The Morgan fingerprint density at radius 2 is 1.48 bits per heavy atom. The van der Waals surface area contributed by atoms with E-state index in [9.17, 15) is 13.6 Å². The minimum absolute atomic E-state index is 0.00808. The van der Waals surface area contributed by atoms with Crippen LogP contribution in [-0.4, -0.2) is 12.1 Å². The fraction of sp³-hybridized carbons (Fsp3) is 0.240. The molecule has 3 aromatic carbocycles. The zero-order chi connectivity index (χ0) is 22.3. The van der Waals surface area contributed by atoms with Crippen LogP contribution < -0.4 is 14.2 Å². The van der Waals surface area contributed by atoms with Gasteiger partial charge in [0.05, 0.1) is 5.92 Å². The fourth-order valence-corrected chi connectivity index (χ4v) is 2.67. The monoisotopic (exact) mass is 426 g/mol. The van der Waals surface area contributed by atoms with Gasteiger partial charge in [0.1, 0.15) is 23.0 Å². The lowest BCUT2D eigenvalue weighted by molar-refractivity contribution is -0.207. The molecule has 3 rings (SSSR count). The zero-order valence-electron chi connectivity index (χ0n) is 17.4. The quantitative estimate of drug-likeness (QED) is 0.284. The maximum absolute atomic E-state index is 13.6. The summed E-state index contributed by atoms with van der Waals surface area (Å²) in [6.07, 6.45) is -2.62. The number of hydrogen-bond donors (Lipinski definition) is 0. The van der Waals surface area contributed by atoms with Gasteiger partial charge in [0.15, 0.2) is 0 Å². The molecule has 0 aliphatic rings. The maximum Gasteiger partial charge on any atom is 0.400 e. The molecule has 0 aromatic heterocycles. The first-order chi connectivity index (χ1) is 14.8. The van der Waals surface area contributed by atoms with Crippen LogP contribution in [0.3, 0.4) is 0 Å². The Morgan fingerprint density at radius 1 is 0.839 bits per heavy atom. The van der Waals surface area contributed by atoms with E-state index in [4.69, 9.17) is 14.2 Å². The van der Waals surface area contributed by atoms with E-state index < -0.39 is 18.0 Å². The smallest absolute Gasteiger partial charge is 0.400 e. The zero-order valence-corrected chi connectivity index (χ0v) is 17.4. The normalized spacial score (nSPS) is 11.3. The van der Waals surface area contributed by atoms with Gasteiger partial charge in [-0.15, -0.1) is 0 Å². The summed E-state index contributed by atoms with van der Waals surface area (Å²) in [5, 5.41) is 0. The third kappa shape index (κ3) is 6.81. The Kier molecular flexibility index (Phi) is 7.23. The summed E-state index contributed by atoms with van der Waals surface area (Å²) in [4.78, 5) is 12.2. The van der Waals surface area contributed by atoms with Crippen molar-refractivity contribution in [2.45, 2.75) is 32.8 Å². The second-order valence-corrected chi connectivity index (χ2v) is 7.33. The standard InChI is InChI=1S/C25H24F2O4/c1-18(2)25(26,27)31-22-14-12-21(13-15-22)30-24(28)16-11-19-7-6-10-23(17-19)29-20-8-4-3-5-9-20/h3-10,12-15,17-18H,11,16H2,1-2H3. The Balaban J connectivity index is 1.51. The number of aryl methyl sites for hydroxylation is 1. The predicted molar refractivity (Wildman–Crippen MR) is 114 cm³/mol. The molecule has 0 amide bonds. The Bertz CT molecular complexity index is 986. The van der Waals surface area contributed by atoms with Crippen LogP contribution in [0.5, 0.6) is 23.0 Å². The molecule has 0 bridgehead atoms. The topological polar surface area (TPSA) is 44.8 Å². The Labute approximate surface area is 180 Å². The second-order valence-electron chi connectivity index (χ2n) is 7.33. The largest absolute Gasteiger partial charge is 0.457 e. The van der Waals surface area contributed by atoms with Gasteiger partial charge in [-0.05, 0) is 60.5 Å². The first-order valence-electron chi connectivity index (χ1n) is 10.0. The van der Waals surface area contributed by atoms with Crippen LogP contribution in [-0.2, 0) is 11.2 Å². The molecular formula is C25H24F2O4. The van der Waals surface area contributed by atoms with Crippen molar-refractivity contribution in [3.63, 3.8) is 0 Å². The first-order valence-corrected chi connectivity index (χ1v) is 10.0. The van der Waals surface area contributed by atoms with Gasteiger partial charge in [0, 0.05) is 6.42 Å². The van der Waals surface area contributed by atoms with Gasteiger partial charge < -0.3 is 14.2 Å². The molecule has 3 aromatic rings. The first kappa shape index (κ1) is 22.3.